The summed E-state index contributed by atoms with van der Waals surface area (Å²) in [5.74, 6) is -0.0880. The van der Waals surface area contributed by atoms with E-state index in [-0.39, 0.29) is 5.97 Å². The maximum absolute atomic E-state index is 11.1. The van der Waals surface area contributed by atoms with E-state index in [1.54, 1.807) is 0 Å². The Morgan fingerprint density at radius 3 is 2.60 bits per heavy atom. The van der Waals surface area contributed by atoms with Crippen LogP contribution >= 0.6 is 11.6 Å². The van der Waals surface area contributed by atoms with Gasteiger partial charge in [0.2, 0.25) is 0 Å². The van der Waals surface area contributed by atoms with Gasteiger partial charge in [0.15, 0.2) is 0 Å². The summed E-state index contributed by atoms with van der Waals surface area (Å²) in [6.45, 7) is 5.40. The van der Waals surface area contributed by atoms with Crippen LogP contribution in [0.1, 0.15) is 51.1 Å². The lowest BCUT2D eigenvalue weighted by Crippen LogP contribution is -2.19. The number of unbranched alkanes of at least 4 members (excludes halogenated alkanes) is 2. The lowest BCUT2D eigenvalue weighted by atomic mass is 10.1. The van der Waals surface area contributed by atoms with Crippen molar-refractivity contribution in [3.8, 4) is 0 Å². The van der Waals surface area contributed by atoms with Crippen molar-refractivity contribution in [2.45, 2.75) is 45.6 Å². The molecule has 0 aliphatic heterocycles. The van der Waals surface area contributed by atoms with Crippen molar-refractivity contribution in [1.29, 1.82) is 0 Å². The van der Waals surface area contributed by atoms with Crippen LogP contribution in [0.3, 0.4) is 0 Å². The maximum atomic E-state index is 11.1. The molecule has 0 spiro atoms. The van der Waals surface area contributed by atoms with E-state index < -0.39 is 0 Å². The quantitative estimate of drug-likeness (QED) is 0.550. The SMILES string of the molecule is CCOC(=O)CCCCCN[C@H](C)c1ccc(Cl)cc1. The lowest BCUT2D eigenvalue weighted by Gasteiger charge is -2.14. The summed E-state index contributed by atoms with van der Waals surface area (Å²) >= 11 is 5.87. The van der Waals surface area contributed by atoms with Gasteiger partial charge in [-0.3, -0.25) is 4.79 Å². The Morgan fingerprint density at radius 2 is 1.95 bits per heavy atom. The van der Waals surface area contributed by atoms with Crippen LogP contribution in [-0.4, -0.2) is 19.1 Å². The molecule has 0 aliphatic carbocycles. The Labute approximate surface area is 126 Å². The van der Waals surface area contributed by atoms with Gasteiger partial charge in [-0.05, 0) is 50.9 Å². The summed E-state index contributed by atoms with van der Waals surface area (Å²) < 4.78 is 4.89. The van der Waals surface area contributed by atoms with Crippen LogP contribution in [-0.2, 0) is 9.53 Å². The van der Waals surface area contributed by atoms with Crippen molar-refractivity contribution < 1.29 is 9.53 Å². The average molecular weight is 298 g/mol. The van der Waals surface area contributed by atoms with Gasteiger partial charge in [0.25, 0.3) is 0 Å². The van der Waals surface area contributed by atoms with Crippen molar-refractivity contribution in [3.63, 3.8) is 0 Å². The minimum Gasteiger partial charge on any atom is -0.466 e. The molecule has 1 atom stereocenters. The molecule has 0 heterocycles. The van der Waals surface area contributed by atoms with Crippen molar-refractivity contribution >= 4 is 17.6 Å². The molecule has 1 aromatic rings. The van der Waals surface area contributed by atoms with E-state index in [0.29, 0.717) is 19.1 Å². The Kier molecular flexibility index (Phi) is 8.31. The van der Waals surface area contributed by atoms with E-state index in [0.717, 1.165) is 30.8 Å². The first-order chi connectivity index (χ1) is 9.63. The third kappa shape index (κ3) is 6.92. The molecule has 0 saturated heterocycles. The van der Waals surface area contributed by atoms with Gasteiger partial charge in [0.1, 0.15) is 0 Å². The number of carbonyl (C=O) groups excluding carboxylic acids is 1. The van der Waals surface area contributed by atoms with E-state index in [1.807, 2.05) is 31.2 Å². The fourth-order valence-electron chi connectivity index (χ4n) is 1.99. The third-order valence-corrected chi connectivity index (χ3v) is 3.44. The number of esters is 1. The van der Waals surface area contributed by atoms with Crippen LogP contribution in [0.25, 0.3) is 0 Å². The summed E-state index contributed by atoms with van der Waals surface area (Å²) in [7, 11) is 0. The number of ether oxygens (including phenoxy) is 1. The molecule has 0 aliphatic rings. The second kappa shape index (κ2) is 9.78. The first-order valence-corrected chi connectivity index (χ1v) is 7.65. The van der Waals surface area contributed by atoms with Gasteiger partial charge in [-0.15, -0.1) is 0 Å². The second-order valence-corrected chi connectivity index (χ2v) is 5.28. The maximum Gasteiger partial charge on any atom is 0.305 e. The normalized spacial score (nSPS) is 12.2. The molecule has 0 aromatic heterocycles. The number of nitrogens with one attached hydrogen (secondary N) is 1. The summed E-state index contributed by atoms with van der Waals surface area (Å²) in [6.07, 6.45) is 3.53. The van der Waals surface area contributed by atoms with Crippen molar-refractivity contribution in [3.05, 3.63) is 34.9 Å². The van der Waals surface area contributed by atoms with Gasteiger partial charge in [-0.1, -0.05) is 30.2 Å². The topological polar surface area (TPSA) is 38.3 Å². The van der Waals surface area contributed by atoms with Gasteiger partial charge in [0, 0.05) is 17.5 Å². The van der Waals surface area contributed by atoms with Crippen LogP contribution < -0.4 is 5.32 Å². The van der Waals surface area contributed by atoms with Crippen LogP contribution in [0.2, 0.25) is 5.02 Å². The van der Waals surface area contributed by atoms with Crippen molar-refractivity contribution in [2.75, 3.05) is 13.2 Å². The fraction of sp³-hybridized carbons (Fsp3) is 0.562. The highest BCUT2D eigenvalue weighted by atomic mass is 35.5. The number of benzene rings is 1. The Bertz CT molecular complexity index is 392. The number of halogens is 1. The van der Waals surface area contributed by atoms with Crippen LogP contribution in [0.15, 0.2) is 24.3 Å². The number of hydrogen-bond donors (Lipinski definition) is 1. The van der Waals surface area contributed by atoms with E-state index in [4.69, 9.17) is 16.3 Å². The van der Waals surface area contributed by atoms with Gasteiger partial charge in [-0.25, -0.2) is 0 Å². The Balaban J connectivity index is 2.09. The molecule has 4 heteroatoms. The van der Waals surface area contributed by atoms with Gasteiger partial charge in [-0.2, -0.15) is 0 Å². The zero-order valence-corrected chi connectivity index (χ0v) is 13.1. The number of rotatable bonds is 9. The fourth-order valence-corrected chi connectivity index (χ4v) is 2.12. The standard InChI is InChI=1S/C16H24ClNO2/c1-3-20-16(19)7-5-4-6-12-18-13(2)14-8-10-15(17)11-9-14/h8-11,13,18H,3-7,12H2,1-2H3/t13-/m1/s1. The highest BCUT2D eigenvalue weighted by Crippen LogP contribution is 2.16. The predicted molar refractivity (Wildman–Crippen MR) is 83.0 cm³/mol. The predicted octanol–water partition coefficient (Wildman–Crippen LogP) is 4.11. The first-order valence-electron chi connectivity index (χ1n) is 7.28. The monoisotopic (exact) mass is 297 g/mol. The molecule has 0 amide bonds. The molecule has 3 nitrogen and oxygen atoms in total. The first kappa shape index (κ1) is 17.0. The lowest BCUT2D eigenvalue weighted by molar-refractivity contribution is -0.143. The summed E-state index contributed by atoms with van der Waals surface area (Å²) in [6, 6.07) is 8.22. The molecule has 0 saturated carbocycles. The molecule has 112 valence electrons. The molecule has 1 N–H and O–H groups in total. The van der Waals surface area contributed by atoms with E-state index in [1.165, 1.54) is 5.56 Å². The molecule has 1 aromatic carbocycles. The summed E-state index contributed by atoms with van der Waals surface area (Å²) in [4.78, 5) is 11.1. The van der Waals surface area contributed by atoms with Crippen LogP contribution in [0.4, 0.5) is 0 Å². The zero-order chi connectivity index (χ0) is 14.8. The highest BCUT2D eigenvalue weighted by Gasteiger charge is 2.04. The minimum atomic E-state index is -0.0880. The van der Waals surface area contributed by atoms with Gasteiger partial charge >= 0.3 is 5.97 Å². The number of carbonyl (C=O) groups is 1. The van der Waals surface area contributed by atoms with Crippen LogP contribution in [0, 0.1) is 0 Å². The van der Waals surface area contributed by atoms with E-state index in [2.05, 4.69) is 12.2 Å². The number of hydrogen-bond acceptors (Lipinski definition) is 3. The molecule has 0 fully saturated rings. The smallest absolute Gasteiger partial charge is 0.305 e. The Hall–Kier alpha value is -1.06. The molecule has 20 heavy (non-hydrogen) atoms. The second-order valence-electron chi connectivity index (χ2n) is 4.84. The van der Waals surface area contributed by atoms with E-state index >= 15 is 0 Å². The zero-order valence-electron chi connectivity index (χ0n) is 12.3. The van der Waals surface area contributed by atoms with E-state index in [9.17, 15) is 4.79 Å². The van der Waals surface area contributed by atoms with Crippen molar-refractivity contribution in [2.24, 2.45) is 0 Å². The third-order valence-electron chi connectivity index (χ3n) is 3.18. The Morgan fingerprint density at radius 1 is 1.25 bits per heavy atom. The summed E-state index contributed by atoms with van der Waals surface area (Å²) in [5, 5.41) is 4.24. The molecular weight excluding hydrogens is 274 g/mol. The molecule has 0 radical (unpaired) electrons. The summed E-state index contributed by atoms with van der Waals surface area (Å²) in [5.41, 5.74) is 1.24. The van der Waals surface area contributed by atoms with Gasteiger partial charge < -0.3 is 10.1 Å². The molecule has 0 bridgehead atoms. The van der Waals surface area contributed by atoms with Gasteiger partial charge in [0.05, 0.1) is 6.61 Å². The highest BCUT2D eigenvalue weighted by molar-refractivity contribution is 6.30. The minimum absolute atomic E-state index is 0.0880. The largest absolute Gasteiger partial charge is 0.466 e. The molecular formula is C16H24ClNO2. The average Bonchev–Trinajstić information content (AvgIpc) is 2.43. The molecule has 0 unspecified atom stereocenters. The molecule has 1 rings (SSSR count). The van der Waals surface area contributed by atoms with Crippen molar-refractivity contribution in [1.82, 2.24) is 5.32 Å². The van der Waals surface area contributed by atoms with Crippen LogP contribution in [0.5, 0.6) is 0 Å².